The second kappa shape index (κ2) is 4.13. The fraction of sp³-hybridized carbons (Fsp3) is 0.222. The van der Waals surface area contributed by atoms with E-state index in [0.717, 1.165) is 16.6 Å². The van der Waals surface area contributed by atoms with E-state index in [1.807, 2.05) is 6.07 Å². The summed E-state index contributed by atoms with van der Waals surface area (Å²) in [4.78, 5) is 0. The maximum absolute atomic E-state index is 8.60. The Kier molecular flexibility index (Phi) is 3.12. The number of hydrogen-bond acceptors (Lipinski definition) is 2. The summed E-state index contributed by atoms with van der Waals surface area (Å²) in [5.41, 5.74) is 1.67. The molecule has 0 aromatic heterocycles. The Morgan fingerprint density at radius 1 is 1.58 bits per heavy atom. The summed E-state index contributed by atoms with van der Waals surface area (Å²) in [6.45, 7) is 0. The third-order valence-corrected chi connectivity index (χ3v) is 2.16. The van der Waals surface area contributed by atoms with Crippen LogP contribution in [0.25, 0.3) is 0 Å². The van der Waals surface area contributed by atoms with Crippen LogP contribution in [-0.4, -0.2) is 7.11 Å². The van der Waals surface area contributed by atoms with Crippen molar-refractivity contribution >= 4 is 15.9 Å². The second-order valence-electron chi connectivity index (χ2n) is 2.27. The van der Waals surface area contributed by atoms with Gasteiger partial charge in [0.2, 0.25) is 0 Å². The van der Waals surface area contributed by atoms with Crippen molar-refractivity contribution in [2.75, 3.05) is 7.11 Å². The zero-order valence-electron chi connectivity index (χ0n) is 6.67. The molecule has 3 heteroatoms. The van der Waals surface area contributed by atoms with Gasteiger partial charge in [0.1, 0.15) is 5.75 Å². The van der Waals surface area contributed by atoms with Gasteiger partial charge in [-0.1, -0.05) is 22.0 Å². The van der Waals surface area contributed by atoms with Gasteiger partial charge in [-0.05, 0) is 12.1 Å². The van der Waals surface area contributed by atoms with Crippen LogP contribution in [0.3, 0.4) is 0 Å². The van der Waals surface area contributed by atoms with Crippen molar-refractivity contribution < 1.29 is 4.74 Å². The highest BCUT2D eigenvalue weighted by atomic mass is 79.9. The topological polar surface area (TPSA) is 33.0 Å². The number of hydrogen-bond donors (Lipinski definition) is 0. The first kappa shape index (κ1) is 9.08. The minimum absolute atomic E-state index is 0.622. The van der Waals surface area contributed by atoms with Gasteiger partial charge in [0.05, 0.1) is 18.7 Å². The zero-order valence-corrected chi connectivity index (χ0v) is 8.26. The van der Waals surface area contributed by atoms with Gasteiger partial charge in [-0.25, -0.2) is 0 Å². The van der Waals surface area contributed by atoms with E-state index in [1.54, 1.807) is 19.2 Å². The summed E-state index contributed by atoms with van der Waals surface area (Å²) in [6, 6.07) is 7.45. The number of halogens is 1. The molecule has 62 valence electrons. The predicted molar refractivity (Wildman–Crippen MR) is 50.3 cm³/mol. The first-order valence-corrected chi connectivity index (χ1v) is 4.57. The minimum Gasteiger partial charge on any atom is -0.496 e. The molecule has 1 aromatic carbocycles. The zero-order chi connectivity index (χ0) is 8.97. The lowest BCUT2D eigenvalue weighted by Crippen LogP contribution is -1.89. The van der Waals surface area contributed by atoms with E-state index in [4.69, 9.17) is 10.00 Å². The van der Waals surface area contributed by atoms with Gasteiger partial charge >= 0.3 is 0 Å². The van der Waals surface area contributed by atoms with Crippen LogP contribution in [0, 0.1) is 11.3 Å². The molecule has 0 aliphatic rings. The molecule has 0 fully saturated rings. The van der Waals surface area contributed by atoms with E-state index in [9.17, 15) is 0 Å². The Morgan fingerprint density at radius 2 is 2.33 bits per heavy atom. The average molecular weight is 226 g/mol. The van der Waals surface area contributed by atoms with Crippen molar-refractivity contribution in [2.24, 2.45) is 0 Å². The molecular weight excluding hydrogens is 218 g/mol. The highest BCUT2D eigenvalue weighted by Crippen LogP contribution is 2.21. The summed E-state index contributed by atoms with van der Waals surface area (Å²) in [7, 11) is 1.60. The number of nitrogens with zero attached hydrogens (tertiary/aromatic N) is 1. The van der Waals surface area contributed by atoms with Crippen molar-refractivity contribution in [3.05, 3.63) is 29.3 Å². The third-order valence-electron chi connectivity index (χ3n) is 1.56. The number of rotatable bonds is 2. The Hall–Kier alpha value is -1.01. The molecule has 0 bridgehead atoms. The van der Waals surface area contributed by atoms with Gasteiger partial charge in [0.25, 0.3) is 0 Å². The molecule has 0 saturated heterocycles. The second-order valence-corrected chi connectivity index (χ2v) is 2.83. The van der Waals surface area contributed by atoms with Gasteiger partial charge < -0.3 is 4.74 Å². The molecule has 0 aliphatic carbocycles. The molecule has 0 heterocycles. The van der Waals surface area contributed by atoms with Gasteiger partial charge in [-0.2, -0.15) is 5.26 Å². The molecule has 0 radical (unpaired) electrons. The summed E-state index contributed by atoms with van der Waals surface area (Å²) >= 11 is 3.33. The van der Waals surface area contributed by atoms with Crippen LogP contribution in [-0.2, 0) is 5.33 Å². The van der Waals surface area contributed by atoms with Crippen LogP contribution < -0.4 is 4.74 Å². The van der Waals surface area contributed by atoms with Crippen LogP contribution >= 0.6 is 15.9 Å². The Balaban J connectivity index is 3.13. The number of benzene rings is 1. The van der Waals surface area contributed by atoms with Gasteiger partial charge in [-0.3, -0.25) is 0 Å². The molecule has 0 amide bonds. The number of methoxy groups -OCH3 is 1. The smallest absolute Gasteiger partial charge is 0.124 e. The summed E-state index contributed by atoms with van der Waals surface area (Å²) < 4.78 is 5.10. The third kappa shape index (κ3) is 1.77. The fourth-order valence-electron chi connectivity index (χ4n) is 0.925. The molecule has 1 aromatic rings. The Labute approximate surface area is 79.9 Å². The van der Waals surface area contributed by atoms with Crippen molar-refractivity contribution in [1.29, 1.82) is 5.26 Å². The number of nitriles is 1. The standard InChI is InChI=1S/C9H8BrNO/c1-12-9-4-7(6-11)2-3-8(9)5-10/h2-4H,5H2,1H3. The van der Waals surface area contributed by atoms with E-state index in [2.05, 4.69) is 22.0 Å². The van der Waals surface area contributed by atoms with Crippen LogP contribution in [0.2, 0.25) is 0 Å². The fourth-order valence-corrected chi connectivity index (χ4v) is 1.39. The van der Waals surface area contributed by atoms with Crippen molar-refractivity contribution in [2.45, 2.75) is 5.33 Å². The normalized spacial score (nSPS) is 9.08. The average Bonchev–Trinajstić information content (AvgIpc) is 2.16. The lowest BCUT2D eigenvalue weighted by atomic mass is 10.1. The van der Waals surface area contributed by atoms with E-state index in [1.165, 1.54) is 0 Å². The summed E-state index contributed by atoms with van der Waals surface area (Å²) in [5, 5.41) is 9.34. The SMILES string of the molecule is COc1cc(C#N)ccc1CBr. The summed E-state index contributed by atoms with van der Waals surface area (Å²) in [5.74, 6) is 0.755. The van der Waals surface area contributed by atoms with Crippen molar-refractivity contribution in [3.63, 3.8) is 0 Å². The first-order chi connectivity index (χ1) is 5.81. The lowest BCUT2D eigenvalue weighted by molar-refractivity contribution is 0.411. The van der Waals surface area contributed by atoms with Crippen molar-refractivity contribution in [1.82, 2.24) is 0 Å². The molecule has 1 rings (SSSR count). The Morgan fingerprint density at radius 3 is 2.83 bits per heavy atom. The van der Waals surface area contributed by atoms with E-state index in [0.29, 0.717) is 5.56 Å². The number of alkyl halides is 1. The van der Waals surface area contributed by atoms with Gasteiger partial charge in [-0.15, -0.1) is 0 Å². The predicted octanol–water partition coefficient (Wildman–Crippen LogP) is 2.46. The maximum Gasteiger partial charge on any atom is 0.124 e. The maximum atomic E-state index is 8.60. The molecule has 0 N–H and O–H groups in total. The molecule has 0 atom stereocenters. The van der Waals surface area contributed by atoms with Crippen LogP contribution in [0.4, 0.5) is 0 Å². The lowest BCUT2D eigenvalue weighted by Gasteiger charge is -2.04. The molecule has 0 saturated carbocycles. The largest absolute Gasteiger partial charge is 0.496 e. The van der Waals surface area contributed by atoms with Crippen LogP contribution in [0.15, 0.2) is 18.2 Å². The Bertz CT molecular complexity index is 317. The van der Waals surface area contributed by atoms with Crippen molar-refractivity contribution in [3.8, 4) is 11.8 Å². The minimum atomic E-state index is 0.622. The molecule has 2 nitrogen and oxygen atoms in total. The number of ether oxygens (including phenoxy) is 1. The molecule has 0 spiro atoms. The first-order valence-electron chi connectivity index (χ1n) is 3.44. The quantitative estimate of drug-likeness (QED) is 0.725. The highest BCUT2D eigenvalue weighted by Gasteiger charge is 2.01. The van der Waals surface area contributed by atoms with Gasteiger partial charge in [0, 0.05) is 10.9 Å². The highest BCUT2D eigenvalue weighted by molar-refractivity contribution is 9.08. The molecule has 0 aliphatic heterocycles. The monoisotopic (exact) mass is 225 g/mol. The van der Waals surface area contributed by atoms with E-state index < -0.39 is 0 Å². The van der Waals surface area contributed by atoms with Crippen LogP contribution in [0.1, 0.15) is 11.1 Å². The van der Waals surface area contributed by atoms with E-state index in [-0.39, 0.29) is 0 Å². The molecule has 12 heavy (non-hydrogen) atoms. The van der Waals surface area contributed by atoms with E-state index >= 15 is 0 Å². The molecular formula is C9H8BrNO. The summed E-state index contributed by atoms with van der Waals surface area (Å²) in [6.07, 6.45) is 0. The van der Waals surface area contributed by atoms with Gasteiger partial charge in [0.15, 0.2) is 0 Å². The molecule has 0 unspecified atom stereocenters. The van der Waals surface area contributed by atoms with Crippen LogP contribution in [0.5, 0.6) is 5.75 Å².